The topological polar surface area (TPSA) is 90.5 Å². The van der Waals surface area contributed by atoms with Gasteiger partial charge in [-0.25, -0.2) is 0 Å². The lowest BCUT2D eigenvalue weighted by atomic mass is 10.0. The summed E-state index contributed by atoms with van der Waals surface area (Å²) in [5.41, 5.74) is 3.32. The summed E-state index contributed by atoms with van der Waals surface area (Å²) < 4.78 is 5.35. The zero-order valence-corrected chi connectivity index (χ0v) is 19.3. The second kappa shape index (κ2) is 9.93. The molecule has 0 aliphatic carbocycles. The number of likely N-dealkylation sites (tertiary alicyclic amines) is 1. The molecule has 7 nitrogen and oxygen atoms in total. The van der Waals surface area contributed by atoms with Gasteiger partial charge in [-0.2, -0.15) is 0 Å². The number of hydrogen-bond donors (Lipinski definition) is 3. The molecule has 0 radical (unpaired) electrons. The van der Waals surface area contributed by atoms with E-state index in [9.17, 15) is 9.90 Å². The molecule has 1 fully saturated rings. The largest absolute Gasteiger partial charge is 0.497 e. The summed E-state index contributed by atoms with van der Waals surface area (Å²) in [5, 5.41) is 16.5. The number of para-hydroxylation sites is 1. The van der Waals surface area contributed by atoms with Crippen LogP contribution in [0.2, 0.25) is 0 Å². The van der Waals surface area contributed by atoms with Crippen LogP contribution in [0.15, 0.2) is 65.6 Å². The summed E-state index contributed by atoms with van der Waals surface area (Å²) in [7, 11) is 1.64. The highest BCUT2D eigenvalue weighted by atomic mass is 16.5. The maximum atomic E-state index is 12.4. The van der Waals surface area contributed by atoms with Crippen molar-refractivity contribution in [1.29, 1.82) is 0 Å². The first-order valence-electron chi connectivity index (χ1n) is 11.8. The number of H-pyrrole nitrogens is 1. The van der Waals surface area contributed by atoms with Gasteiger partial charge in [-0.05, 0) is 73.3 Å². The number of aromatic nitrogens is 2. The van der Waals surface area contributed by atoms with Crippen molar-refractivity contribution in [3.63, 3.8) is 0 Å². The zero-order chi connectivity index (χ0) is 23.5. The monoisotopic (exact) mass is 458 g/mol. The molecule has 0 amide bonds. The van der Waals surface area contributed by atoms with Gasteiger partial charge >= 0.3 is 0 Å². The number of β-amino-alcohol motifs (C(OH)–C–C–N with tert-alkyl or cyclic N) is 1. The minimum atomic E-state index is -0.599. The molecule has 7 heteroatoms. The van der Waals surface area contributed by atoms with E-state index < -0.39 is 6.10 Å². The molecule has 1 atom stereocenters. The van der Waals surface area contributed by atoms with Crippen molar-refractivity contribution in [2.45, 2.75) is 31.5 Å². The number of ether oxygens (including phenoxy) is 1. The third kappa shape index (κ3) is 4.82. The Bertz CT molecular complexity index is 1340. The second-order valence-corrected chi connectivity index (χ2v) is 8.97. The number of aliphatic hydroxyl groups excluding tert-OH is 1. The smallest absolute Gasteiger partial charge is 0.252 e. The summed E-state index contributed by atoms with van der Waals surface area (Å²) >= 11 is 0. The van der Waals surface area contributed by atoms with E-state index in [1.807, 2.05) is 54.6 Å². The number of rotatable bonds is 7. The van der Waals surface area contributed by atoms with E-state index in [2.05, 4.69) is 20.2 Å². The number of hydrogen-bond acceptors (Lipinski definition) is 6. The van der Waals surface area contributed by atoms with Crippen LogP contribution in [0.5, 0.6) is 5.75 Å². The van der Waals surface area contributed by atoms with Gasteiger partial charge < -0.3 is 25.0 Å². The fourth-order valence-electron chi connectivity index (χ4n) is 4.80. The Balaban J connectivity index is 1.17. The Morgan fingerprint density at radius 3 is 2.82 bits per heavy atom. The first-order chi connectivity index (χ1) is 16.6. The molecular formula is C27H30N4O3. The summed E-state index contributed by atoms with van der Waals surface area (Å²) in [4.78, 5) is 22.1. The molecule has 0 bridgehead atoms. The lowest BCUT2D eigenvalue weighted by Gasteiger charge is -2.33. The van der Waals surface area contributed by atoms with Crippen molar-refractivity contribution in [3.05, 3.63) is 82.3 Å². The van der Waals surface area contributed by atoms with Crippen molar-refractivity contribution in [3.8, 4) is 5.75 Å². The van der Waals surface area contributed by atoms with Gasteiger partial charge in [0.05, 0.1) is 18.7 Å². The number of benzene rings is 2. The minimum Gasteiger partial charge on any atom is -0.497 e. The van der Waals surface area contributed by atoms with Gasteiger partial charge in [-0.3, -0.25) is 9.78 Å². The van der Waals surface area contributed by atoms with Crippen LogP contribution in [-0.2, 0) is 6.54 Å². The Hall–Kier alpha value is -3.26. The summed E-state index contributed by atoms with van der Waals surface area (Å²) in [5.74, 6) is 0.756. The average Bonchev–Trinajstić information content (AvgIpc) is 2.87. The molecule has 1 saturated heterocycles. The molecule has 1 aliphatic heterocycles. The van der Waals surface area contributed by atoms with Crippen LogP contribution in [0.1, 0.15) is 30.1 Å². The van der Waals surface area contributed by atoms with Crippen LogP contribution in [0.25, 0.3) is 21.8 Å². The van der Waals surface area contributed by atoms with E-state index >= 15 is 0 Å². The number of nitrogens with zero attached hydrogens (tertiary/aromatic N) is 2. The molecular weight excluding hydrogens is 428 g/mol. The molecule has 3 heterocycles. The van der Waals surface area contributed by atoms with E-state index in [0.29, 0.717) is 19.1 Å². The van der Waals surface area contributed by atoms with E-state index in [0.717, 1.165) is 64.6 Å². The van der Waals surface area contributed by atoms with Crippen LogP contribution in [0.4, 0.5) is 0 Å². The first kappa shape index (κ1) is 22.5. The van der Waals surface area contributed by atoms with E-state index in [1.54, 1.807) is 13.3 Å². The maximum absolute atomic E-state index is 12.4. The SMILES string of the molecule is COc1ccc2nccc([C@@H](O)CN3CCC(NCc4cc5ccccc5[nH]c4=O)CC3)c2c1. The zero-order valence-electron chi connectivity index (χ0n) is 19.3. The molecule has 2 aromatic carbocycles. The number of pyridine rings is 2. The van der Waals surface area contributed by atoms with Gasteiger partial charge in [0, 0.05) is 41.8 Å². The number of aliphatic hydroxyl groups is 1. The predicted octanol–water partition coefficient (Wildman–Crippen LogP) is 3.37. The van der Waals surface area contributed by atoms with Gasteiger partial charge in [-0.15, -0.1) is 0 Å². The molecule has 5 rings (SSSR count). The number of fused-ring (bicyclic) bond motifs is 2. The van der Waals surface area contributed by atoms with Crippen LogP contribution in [-0.4, -0.2) is 52.8 Å². The lowest BCUT2D eigenvalue weighted by Crippen LogP contribution is -2.44. The predicted molar refractivity (Wildman–Crippen MR) is 134 cm³/mol. The first-order valence-corrected chi connectivity index (χ1v) is 11.8. The Morgan fingerprint density at radius 2 is 2.00 bits per heavy atom. The Labute approximate surface area is 198 Å². The molecule has 0 unspecified atom stereocenters. The third-order valence-electron chi connectivity index (χ3n) is 6.77. The molecule has 0 spiro atoms. The van der Waals surface area contributed by atoms with Gasteiger partial charge in [-0.1, -0.05) is 18.2 Å². The molecule has 2 aromatic heterocycles. The van der Waals surface area contributed by atoms with Crippen molar-refractivity contribution in [2.24, 2.45) is 0 Å². The van der Waals surface area contributed by atoms with E-state index in [4.69, 9.17) is 4.74 Å². The summed E-state index contributed by atoms with van der Waals surface area (Å²) in [6, 6.07) is 17.8. The van der Waals surface area contributed by atoms with Gasteiger partial charge in [0.15, 0.2) is 0 Å². The number of nitrogens with one attached hydrogen (secondary N) is 2. The lowest BCUT2D eigenvalue weighted by molar-refractivity contribution is 0.0949. The molecule has 1 aliphatic rings. The minimum absolute atomic E-state index is 0.0343. The van der Waals surface area contributed by atoms with Crippen molar-refractivity contribution in [1.82, 2.24) is 20.2 Å². The highest BCUT2D eigenvalue weighted by molar-refractivity contribution is 5.84. The van der Waals surface area contributed by atoms with E-state index in [-0.39, 0.29) is 5.56 Å². The van der Waals surface area contributed by atoms with Crippen molar-refractivity contribution < 1.29 is 9.84 Å². The highest BCUT2D eigenvalue weighted by Gasteiger charge is 2.22. The van der Waals surface area contributed by atoms with Crippen LogP contribution >= 0.6 is 0 Å². The third-order valence-corrected chi connectivity index (χ3v) is 6.77. The van der Waals surface area contributed by atoms with Gasteiger partial charge in [0.25, 0.3) is 5.56 Å². The van der Waals surface area contributed by atoms with Crippen molar-refractivity contribution >= 4 is 21.8 Å². The highest BCUT2D eigenvalue weighted by Crippen LogP contribution is 2.27. The second-order valence-electron chi connectivity index (χ2n) is 8.97. The average molecular weight is 459 g/mol. The Morgan fingerprint density at radius 1 is 1.18 bits per heavy atom. The molecule has 34 heavy (non-hydrogen) atoms. The van der Waals surface area contributed by atoms with E-state index in [1.165, 1.54) is 0 Å². The molecule has 4 aromatic rings. The fraction of sp³-hybridized carbons (Fsp3) is 0.333. The van der Waals surface area contributed by atoms with Gasteiger partial charge in [0.2, 0.25) is 0 Å². The molecule has 3 N–H and O–H groups in total. The normalized spacial score (nSPS) is 16.2. The number of piperidine rings is 1. The quantitative estimate of drug-likeness (QED) is 0.393. The fourth-order valence-corrected chi connectivity index (χ4v) is 4.80. The summed E-state index contributed by atoms with van der Waals surface area (Å²) in [6.45, 7) is 2.93. The molecule has 176 valence electrons. The van der Waals surface area contributed by atoms with Crippen LogP contribution < -0.4 is 15.6 Å². The number of aromatic amines is 1. The van der Waals surface area contributed by atoms with Crippen molar-refractivity contribution in [2.75, 3.05) is 26.7 Å². The maximum Gasteiger partial charge on any atom is 0.252 e. The Kier molecular flexibility index (Phi) is 6.58. The van der Waals surface area contributed by atoms with Gasteiger partial charge in [0.1, 0.15) is 5.75 Å². The van der Waals surface area contributed by atoms with Crippen LogP contribution in [0.3, 0.4) is 0 Å². The summed E-state index contributed by atoms with van der Waals surface area (Å²) in [6.07, 6.45) is 3.10. The number of methoxy groups -OCH3 is 1. The molecule has 0 saturated carbocycles. The van der Waals surface area contributed by atoms with Crippen LogP contribution in [0, 0.1) is 0 Å². The standard InChI is InChI=1S/C27H30N4O3/c1-34-21-6-7-25-23(15-21)22(8-11-28-25)26(32)17-31-12-9-20(10-13-31)29-16-19-14-18-4-2-3-5-24(18)30-27(19)33/h2-8,11,14-15,20,26,29,32H,9-10,12-13,16-17H2,1H3,(H,30,33)/t26-/m0/s1.